The van der Waals surface area contributed by atoms with Crippen LogP contribution in [0.4, 0.5) is 5.69 Å². The highest BCUT2D eigenvalue weighted by Gasteiger charge is 2.34. The van der Waals surface area contributed by atoms with Gasteiger partial charge in [-0.25, -0.2) is 0 Å². The summed E-state index contributed by atoms with van der Waals surface area (Å²) in [6.45, 7) is 6.83. The minimum atomic E-state index is -0.267. The Bertz CT molecular complexity index is 1050. The van der Waals surface area contributed by atoms with E-state index in [2.05, 4.69) is 34.7 Å². The van der Waals surface area contributed by atoms with Crippen molar-refractivity contribution >= 4 is 23.4 Å². The predicted molar refractivity (Wildman–Crippen MR) is 120 cm³/mol. The molecule has 0 saturated carbocycles. The van der Waals surface area contributed by atoms with Crippen molar-refractivity contribution in [3.8, 4) is 17.1 Å². The zero-order chi connectivity index (χ0) is 21.3. The predicted octanol–water partition coefficient (Wildman–Crippen LogP) is 4.43. The van der Waals surface area contributed by atoms with Crippen molar-refractivity contribution in [2.75, 3.05) is 12.0 Å². The molecule has 1 aromatic heterocycles. The van der Waals surface area contributed by atoms with Gasteiger partial charge < -0.3 is 14.2 Å². The normalized spacial score (nSPS) is 16.4. The van der Waals surface area contributed by atoms with E-state index >= 15 is 0 Å². The van der Waals surface area contributed by atoms with Crippen LogP contribution in [0.3, 0.4) is 0 Å². The summed E-state index contributed by atoms with van der Waals surface area (Å²) in [5, 5.41) is 9.28. The summed E-state index contributed by atoms with van der Waals surface area (Å²) in [6.07, 6.45) is 0.895. The van der Waals surface area contributed by atoms with Crippen LogP contribution in [0.15, 0.2) is 53.7 Å². The number of fused-ring (bicyclic) bond motifs is 1. The highest BCUT2D eigenvalue weighted by molar-refractivity contribution is 8.00. The average Bonchev–Trinajstić information content (AvgIpc) is 3.32. The number of hydrogen-bond donors (Lipinski definition) is 0. The highest BCUT2D eigenvalue weighted by Crippen LogP contribution is 2.35. The third-order valence-electron chi connectivity index (χ3n) is 5.46. The Morgan fingerprint density at radius 3 is 2.63 bits per heavy atom. The Kier molecular flexibility index (Phi) is 5.81. The molecule has 2 atom stereocenters. The number of carbonyl (C=O) groups excluding carboxylic acids is 1. The van der Waals surface area contributed by atoms with Gasteiger partial charge in [0.25, 0.3) is 0 Å². The van der Waals surface area contributed by atoms with Crippen LogP contribution in [0.25, 0.3) is 11.4 Å². The van der Waals surface area contributed by atoms with Gasteiger partial charge in [0, 0.05) is 23.8 Å². The number of hydrogen-bond acceptors (Lipinski definition) is 5. The number of thioether (sulfide) groups is 1. The zero-order valence-corrected chi connectivity index (χ0v) is 18.5. The van der Waals surface area contributed by atoms with Gasteiger partial charge >= 0.3 is 0 Å². The third kappa shape index (κ3) is 3.69. The molecule has 30 heavy (non-hydrogen) atoms. The van der Waals surface area contributed by atoms with Crippen molar-refractivity contribution in [3.05, 3.63) is 54.1 Å². The van der Waals surface area contributed by atoms with E-state index in [1.807, 2.05) is 54.3 Å². The van der Waals surface area contributed by atoms with E-state index in [9.17, 15) is 4.79 Å². The van der Waals surface area contributed by atoms with Crippen LogP contribution in [0, 0.1) is 0 Å². The smallest absolute Gasteiger partial charge is 0.240 e. The molecule has 7 heteroatoms. The van der Waals surface area contributed by atoms with Gasteiger partial charge in [-0.15, -0.1) is 10.2 Å². The largest absolute Gasteiger partial charge is 0.497 e. The molecule has 0 saturated heterocycles. The van der Waals surface area contributed by atoms with Crippen molar-refractivity contribution < 1.29 is 9.53 Å². The molecule has 2 heterocycles. The van der Waals surface area contributed by atoms with E-state index in [-0.39, 0.29) is 17.2 Å². The lowest BCUT2D eigenvalue weighted by molar-refractivity contribution is -0.118. The molecule has 6 nitrogen and oxygen atoms in total. The van der Waals surface area contributed by atoms with E-state index in [1.165, 1.54) is 17.3 Å². The summed E-state index contributed by atoms with van der Waals surface area (Å²) in [5.74, 6) is 1.70. The van der Waals surface area contributed by atoms with Gasteiger partial charge in [-0.1, -0.05) is 30.0 Å². The van der Waals surface area contributed by atoms with Gasteiger partial charge in [-0.3, -0.25) is 4.79 Å². The maximum Gasteiger partial charge on any atom is 0.240 e. The Morgan fingerprint density at radius 2 is 1.93 bits per heavy atom. The van der Waals surface area contributed by atoms with Gasteiger partial charge in [0.05, 0.1) is 12.4 Å². The summed E-state index contributed by atoms with van der Waals surface area (Å²) in [5.41, 5.74) is 3.23. The van der Waals surface area contributed by atoms with Crippen LogP contribution >= 0.6 is 11.8 Å². The Labute approximate surface area is 181 Å². The number of ether oxygens (including phenoxy) is 1. The molecule has 156 valence electrons. The van der Waals surface area contributed by atoms with E-state index in [1.54, 1.807) is 7.11 Å². The van der Waals surface area contributed by atoms with Gasteiger partial charge in [0.2, 0.25) is 5.91 Å². The van der Waals surface area contributed by atoms with Crippen LogP contribution < -0.4 is 9.64 Å². The maximum absolute atomic E-state index is 13.3. The number of aromatic nitrogens is 3. The summed E-state index contributed by atoms with van der Waals surface area (Å²) in [4.78, 5) is 15.2. The molecule has 1 amide bonds. The number of benzene rings is 2. The molecule has 1 aliphatic heterocycles. The minimum Gasteiger partial charge on any atom is -0.497 e. The zero-order valence-electron chi connectivity index (χ0n) is 17.7. The number of nitrogens with zero attached hydrogens (tertiary/aromatic N) is 4. The second kappa shape index (κ2) is 8.52. The first-order chi connectivity index (χ1) is 14.5. The Balaban J connectivity index is 1.55. The molecule has 0 fully saturated rings. The van der Waals surface area contributed by atoms with E-state index in [0.29, 0.717) is 0 Å². The molecule has 0 N–H and O–H groups in total. The molecule has 3 aromatic rings. The van der Waals surface area contributed by atoms with Gasteiger partial charge in [0.1, 0.15) is 5.75 Å². The van der Waals surface area contributed by atoms with Crippen LogP contribution in [0.1, 0.15) is 26.3 Å². The number of carbonyl (C=O) groups is 1. The number of amides is 1. The molecule has 0 radical (unpaired) electrons. The molecule has 1 aliphatic rings. The molecule has 4 rings (SSSR count). The number of para-hydroxylation sites is 1. The standard InChI is InChI=1S/C23H26N4O2S/c1-5-26-21(17-10-12-19(29-4)13-11-17)24-25-23(26)30-16(3)22(28)27-15(2)14-18-8-6-7-9-20(18)27/h6-13,15-16H,5,14H2,1-4H3/t15-,16-/m0/s1. The third-order valence-corrected chi connectivity index (χ3v) is 6.52. The van der Waals surface area contributed by atoms with Crippen LogP contribution in [0.2, 0.25) is 0 Å². The van der Waals surface area contributed by atoms with Gasteiger partial charge in [0.15, 0.2) is 11.0 Å². The van der Waals surface area contributed by atoms with Crippen molar-refractivity contribution in [2.45, 2.75) is 50.2 Å². The van der Waals surface area contributed by atoms with Crippen molar-refractivity contribution in [3.63, 3.8) is 0 Å². The van der Waals surface area contributed by atoms with Crippen molar-refractivity contribution in [1.82, 2.24) is 14.8 Å². The highest BCUT2D eigenvalue weighted by atomic mass is 32.2. The van der Waals surface area contributed by atoms with Crippen molar-refractivity contribution in [2.24, 2.45) is 0 Å². The Morgan fingerprint density at radius 1 is 1.20 bits per heavy atom. The second-order valence-corrected chi connectivity index (χ2v) is 8.74. The molecule has 0 bridgehead atoms. The second-order valence-electron chi connectivity index (χ2n) is 7.43. The SMILES string of the molecule is CCn1c(S[C@@H](C)C(=O)N2c3ccccc3C[C@@H]2C)nnc1-c1ccc(OC)cc1. The van der Waals surface area contributed by atoms with Crippen LogP contribution in [-0.2, 0) is 17.8 Å². The maximum atomic E-state index is 13.3. The lowest BCUT2D eigenvalue weighted by Crippen LogP contribution is -2.40. The average molecular weight is 423 g/mol. The fourth-order valence-corrected chi connectivity index (χ4v) is 4.88. The van der Waals surface area contributed by atoms with E-state index in [4.69, 9.17) is 4.74 Å². The van der Waals surface area contributed by atoms with E-state index < -0.39 is 0 Å². The number of methoxy groups -OCH3 is 1. The summed E-state index contributed by atoms with van der Waals surface area (Å²) in [7, 11) is 1.65. The molecule has 0 spiro atoms. The van der Waals surface area contributed by atoms with Crippen molar-refractivity contribution in [1.29, 1.82) is 0 Å². The number of anilines is 1. The molecule has 0 aliphatic carbocycles. The molecule has 0 unspecified atom stereocenters. The molecular formula is C23H26N4O2S. The van der Waals surface area contributed by atoms with Crippen LogP contribution in [0.5, 0.6) is 5.75 Å². The topological polar surface area (TPSA) is 60.2 Å². The number of rotatable bonds is 6. The summed E-state index contributed by atoms with van der Waals surface area (Å²) < 4.78 is 7.29. The molecule has 2 aromatic carbocycles. The van der Waals surface area contributed by atoms with Gasteiger partial charge in [-0.05, 0) is 63.1 Å². The summed E-state index contributed by atoms with van der Waals surface area (Å²) in [6, 6.07) is 16.1. The first-order valence-electron chi connectivity index (χ1n) is 10.2. The lowest BCUT2D eigenvalue weighted by atomic mass is 10.1. The molecular weight excluding hydrogens is 396 g/mol. The van der Waals surface area contributed by atoms with Crippen LogP contribution in [-0.4, -0.2) is 39.1 Å². The first kappa shape index (κ1) is 20.5. The van der Waals surface area contributed by atoms with Gasteiger partial charge in [-0.2, -0.15) is 0 Å². The summed E-state index contributed by atoms with van der Waals surface area (Å²) >= 11 is 1.46. The quantitative estimate of drug-likeness (QED) is 0.550. The minimum absolute atomic E-state index is 0.106. The monoisotopic (exact) mass is 422 g/mol. The Hall–Kier alpha value is -2.80. The lowest BCUT2D eigenvalue weighted by Gasteiger charge is -2.25. The fourth-order valence-electron chi connectivity index (χ4n) is 3.92. The fraction of sp³-hybridized carbons (Fsp3) is 0.348. The first-order valence-corrected chi connectivity index (χ1v) is 11.1. The van der Waals surface area contributed by atoms with E-state index in [0.717, 1.165) is 40.9 Å².